The van der Waals surface area contributed by atoms with E-state index < -0.39 is 5.95 Å². The van der Waals surface area contributed by atoms with Crippen molar-refractivity contribution in [1.82, 2.24) is 9.97 Å². The molecule has 2 rings (SSSR count). The molecular weight excluding hydrogens is 229 g/mol. The fourth-order valence-corrected chi connectivity index (χ4v) is 1.42. The van der Waals surface area contributed by atoms with Crippen molar-refractivity contribution in [2.75, 3.05) is 5.32 Å². The van der Waals surface area contributed by atoms with Gasteiger partial charge in [-0.15, -0.1) is 0 Å². The van der Waals surface area contributed by atoms with Crippen molar-refractivity contribution in [2.24, 2.45) is 0 Å². The predicted octanol–water partition coefficient (Wildman–Crippen LogP) is 2.88. The number of aromatic nitrogens is 2. The maximum atomic E-state index is 12.5. The van der Waals surface area contributed by atoms with E-state index in [9.17, 15) is 4.39 Å². The van der Waals surface area contributed by atoms with Crippen molar-refractivity contribution in [3.05, 3.63) is 53.3 Å². The Kier molecular flexibility index (Phi) is 3.31. The highest BCUT2D eigenvalue weighted by atomic mass is 35.5. The summed E-state index contributed by atoms with van der Waals surface area (Å²) in [6.45, 7) is 0.528. The molecule has 5 heteroatoms. The molecular formula is C11H9ClFN3. The van der Waals surface area contributed by atoms with Crippen LogP contribution in [-0.2, 0) is 6.54 Å². The van der Waals surface area contributed by atoms with Gasteiger partial charge in [-0.2, -0.15) is 4.39 Å². The number of hydrogen-bond donors (Lipinski definition) is 1. The Morgan fingerprint density at radius 2 is 2.12 bits per heavy atom. The highest BCUT2D eigenvalue weighted by Crippen LogP contribution is 2.14. The smallest absolute Gasteiger partial charge is 0.212 e. The summed E-state index contributed by atoms with van der Waals surface area (Å²) in [6, 6.07) is 6.60. The minimum atomic E-state index is -0.495. The first-order valence-electron chi connectivity index (χ1n) is 4.70. The molecule has 0 aliphatic carbocycles. The van der Waals surface area contributed by atoms with Gasteiger partial charge in [0.2, 0.25) is 5.95 Å². The molecule has 0 bridgehead atoms. The molecule has 1 N–H and O–H groups in total. The van der Waals surface area contributed by atoms with Crippen LogP contribution in [-0.4, -0.2) is 9.97 Å². The largest absolute Gasteiger partial charge is 0.380 e. The summed E-state index contributed by atoms with van der Waals surface area (Å²) in [5.41, 5.74) is 1.62. The molecule has 0 radical (unpaired) electrons. The minimum absolute atomic E-state index is 0.463. The second-order valence-electron chi connectivity index (χ2n) is 3.18. The van der Waals surface area contributed by atoms with Gasteiger partial charge in [-0.05, 0) is 18.2 Å². The van der Waals surface area contributed by atoms with Crippen LogP contribution in [0.3, 0.4) is 0 Å². The summed E-state index contributed by atoms with van der Waals surface area (Å²) in [7, 11) is 0. The molecule has 0 aliphatic heterocycles. The Bertz CT molecular complexity index is 473. The van der Waals surface area contributed by atoms with Crippen molar-refractivity contribution in [3.8, 4) is 0 Å². The fraction of sp³-hybridized carbons (Fsp3) is 0.0909. The van der Waals surface area contributed by atoms with Crippen LogP contribution in [0.15, 0.2) is 36.7 Å². The summed E-state index contributed by atoms with van der Waals surface area (Å²) in [5.74, 6) is -0.495. The molecule has 16 heavy (non-hydrogen) atoms. The lowest BCUT2D eigenvalue weighted by Gasteiger charge is -2.06. The second-order valence-corrected chi connectivity index (χ2v) is 3.53. The van der Waals surface area contributed by atoms with Gasteiger partial charge >= 0.3 is 0 Å². The van der Waals surface area contributed by atoms with Gasteiger partial charge in [0.1, 0.15) is 5.15 Å². The maximum Gasteiger partial charge on any atom is 0.212 e. The number of nitrogens with one attached hydrogen (secondary N) is 1. The third-order valence-corrected chi connectivity index (χ3v) is 2.39. The molecule has 0 aromatic carbocycles. The van der Waals surface area contributed by atoms with Gasteiger partial charge < -0.3 is 5.32 Å². The normalized spacial score (nSPS) is 10.1. The van der Waals surface area contributed by atoms with Crippen molar-refractivity contribution in [3.63, 3.8) is 0 Å². The van der Waals surface area contributed by atoms with Crippen LogP contribution in [0, 0.1) is 5.95 Å². The zero-order valence-corrected chi connectivity index (χ0v) is 9.08. The lowest BCUT2D eigenvalue weighted by molar-refractivity contribution is 0.584. The lowest BCUT2D eigenvalue weighted by Crippen LogP contribution is -2.01. The first-order valence-corrected chi connectivity index (χ1v) is 5.08. The SMILES string of the molecule is Fc1ccc(NCc2cccnc2Cl)cn1. The average molecular weight is 238 g/mol. The topological polar surface area (TPSA) is 37.8 Å². The first kappa shape index (κ1) is 10.8. The van der Waals surface area contributed by atoms with E-state index in [1.807, 2.05) is 12.1 Å². The van der Waals surface area contributed by atoms with E-state index in [-0.39, 0.29) is 0 Å². The van der Waals surface area contributed by atoms with E-state index in [0.29, 0.717) is 11.7 Å². The van der Waals surface area contributed by atoms with E-state index in [0.717, 1.165) is 11.3 Å². The van der Waals surface area contributed by atoms with E-state index in [1.54, 1.807) is 12.3 Å². The summed E-state index contributed by atoms with van der Waals surface area (Å²) in [4.78, 5) is 7.49. The van der Waals surface area contributed by atoms with Crippen molar-refractivity contribution in [2.45, 2.75) is 6.54 Å². The highest BCUT2D eigenvalue weighted by Gasteiger charge is 2.00. The Morgan fingerprint density at radius 1 is 1.25 bits per heavy atom. The first-order chi connectivity index (χ1) is 7.75. The molecule has 2 aromatic heterocycles. The predicted molar refractivity (Wildman–Crippen MR) is 60.8 cm³/mol. The van der Waals surface area contributed by atoms with E-state index in [2.05, 4.69) is 15.3 Å². The van der Waals surface area contributed by atoms with Gasteiger partial charge in [0, 0.05) is 18.3 Å². The van der Waals surface area contributed by atoms with Gasteiger partial charge in [0.25, 0.3) is 0 Å². The maximum absolute atomic E-state index is 12.5. The van der Waals surface area contributed by atoms with Crippen LogP contribution in [0.25, 0.3) is 0 Å². The van der Waals surface area contributed by atoms with Crippen LogP contribution >= 0.6 is 11.6 Å². The molecule has 0 spiro atoms. The number of rotatable bonds is 3. The summed E-state index contributed by atoms with van der Waals surface area (Å²) in [6.07, 6.45) is 3.06. The van der Waals surface area contributed by atoms with Crippen molar-refractivity contribution < 1.29 is 4.39 Å². The molecule has 82 valence electrons. The van der Waals surface area contributed by atoms with Crippen molar-refractivity contribution in [1.29, 1.82) is 0 Å². The number of anilines is 1. The summed E-state index contributed by atoms with van der Waals surface area (Å²) < 4.78 is 12.5. The Morgan fingerprint density at radius 3 is 2.81 bits per heavy atom. The third kappa shape index (κ3) is 2.67. The summed E-state index contributed by atoms with van der Waals surface area (Å²) in [5, 5.41) is 3.54. The molecule has 0 unspecified atom stereocenters. The second kappa shape index (κ2) is 4.90. The zero-order chi connectivity index (χ0) is 11.4. The Balaban J connectivity index is 2.02. The van der Waals surface area contributed by atoms with E-state index in [4.69, 9.17) is 11.6 Å². The molecule has 2 aromatic rings. The van der Waals surface area contributed by atoms with Crippen LogP contribution < -0.4 is 5.32 Å². The molecule has 2 heterocycles. The van der Waals surface area contributed by atoms with Crippen LogP contribution in [0.2, 0.25) is 5.15 Å². The molecule has 0 fully saturated rings. The Hall–Kier alpha value is -1.68. The van der Waals surface area contributed by atoms with Gasteiger partial charge in [0.15, 0.2) is 0 Å². The monoisotopic (exact) mass is 237 g/mol. The zero-order valence-electron chi connectivity index (χ0n) is 8.32. The van der Waals surface area contributed by atoms with Gasteiger partial charge in [0.05, 0.1) is 11.9 Å². The van der Waals surface area contributed by atoms with E-state index >= 15 is 0 Å². The Labute approximate surface area is 97.3 Å². The lowest BCUT2D eigenvalue weighted by atomic mass is 10.3. The molecule has 0 aliphatic rings. The van der Waals surface area contributed by atoms with Gasteiger partial charge in [-0.25, -0.2) is 9.97 Å². The highest BCUT2D eigenvalue weighted by molar-refractivity contribution is 6.30. The third-order valence-electron chi connectivity index (χ3n) is 2.05. The number of halogens is 2. The van der Waals surface area contributed by atoms with Crippen molar-refractivity contribution >= 4 is 17.3 Å². The number of hydrogen-bond acceptors (Lipinski definition) is 3. The number of nitrogens with zero attached hydrogens (tertiary/aromatic N) is 2. The fourth-order valence-electron chi connectivity index (χ4n) is 1.23. The van der Waals surface area contributed by atoms with Crippen LogP contribution in [0.1, 0.15) is 5.56 Å². The molecule has 0 saturated carbocycles. The molecule has 0 atom stereocenters. The van der Waals surface area contributed by atoms with E-state index in [1.165, 1.54) is 12.3 Å². The quantitative estimate of drug-likeness (QED) is 0.835. The average Bonchev–Trinajstić information content (AvgIpc) is 2.30. The summed E-state index contributed by atoms with van der Waals surface area (Å²) >= 11 is 5.89. The van der Waals surface area contributed by atoms with Gasteiger partial charge in [-0.1, -0.05) is 17.7 Å². The van der Waals surface area contributed by atoms with Gasteiger partial charge in [-0.3, -0.25) is 0 Å². The van der Waals surface area contributed by atoms with Crippen LogP contribution in [0.5, 0.6) is 0 Å². The molecule has 3 nitrogen and oxygen atoms in total. The van der Waals surface area contributed by atoms with Crippen LogP contribution in [0.4, 0.5) is 10.1 Å². The number of pyridine rings is 2. The minimum Gasteiger partial charge on any atom is -0.380 e. The molecule has 0 saturated heterocycles. The standard InChI is InChI=1S/C11H9ClFN3/c12-11-8(2-1-5-14-11)6-15-9-3-4-10(13)16-7-9/h1-5,7,15H,6H2. The molecule has 0 amide bonds.